The van der Waals surface area contributed by atoms with Crippen molar-refractivity contribution in [1.29, 1.82) is 5.26 Å². The lowest BCUT2D eigenvalue weighted by atomic mass is 9.83. The lowest BCUT2D eigenvalue weighted by Gasteiger charge is -2.24. The van der Waals surface area contributed by atoms with E-state index in [-0.39, 0.29) is 17.2 Å². The second-order valence-corrected chi connectivity index (χ2v) is 5.91. The van der Waals surface area contributed by atoms with E-state index < -0.39 is 5.92 Å². The van der Waals surface area contributed by atoms with Crippen LogP contribution in [-0.2, 0) is 0 Å². The molecule has 0 unspecified atom stereocenters. The van der Waals surface area contributed by atoms with Gasteiger partial charge in [0.2, 0.25) is 11.8 Å². The van der Waals surface area contributed by atoms with Gasteiger partial charge in [-0.15, -0.1) is 5.10 Å². The van der Waals surface area contributed by atoms with E-state index in [2.05, 4.69) is 21.3 Å². The largest absolute Gasteiger partial charge is 0.504 e. The number of ether oxygens (including phenoxy) is 2. The molecule has 1 atom stereocenters. The highest BCUT2D eigenvalue weighted by Gasteiger charge is 2.35. The summed E-state index contributed by atoms with van der Waals surface area (Å²) in [6.07, 6.45) is 3.33. The van der Waals surface area contributed by atoms with Crippen LogP contribution in [0, 0.1) is 11.3 Å². The molecule has 0 spiro atoms. The van der Waals surface area contributed by atoms with Crippen molar-refractivity contribution in [2.75, 3.05) is 7.11 Å². The maximum absolute atomic E-state index is 9.92. The molecule has 0 radical (unpaired) electrons. The molecule has 0 amide bonds. The van der Waals surface area contributed by atoms with Gasteiger partial charge in [-0.1, -0.05) is 6.07 Å². The predicted octanol–water partition coefficient (Wildman–Crippen LogP) is 2.40. The first-order valence-corrected chi connectivity index (χ1v) is 8.07. The lowest BCUT2D eigenvalue weighted by Crippen LogP contribution is -2.21. The Morgan fingerprint density at radius 3 is 2.78 bits per heavy atom. The Balaban J connectivity index is 1.96. The third-order valence-electron chi connectivity index (χ3n) is 4.44. The third kappa shape index (κ3) is 2.62. The number of H-pyrrole nitrogens is 1. The van der Waals surface area contributed by atoms with Crippen LogP contribution in [0.5, 0.6) is 17.4 Å². The summed E-state index contributed by atoms with van der Waals surface area (Å²) in [6.45, 7) is 0. The highest BCUT2D eigenvalue weighted by atomic mass is 16.5. The Morgan fingerprint density at radius 2 is 2.07 bits per heavy atom. The van der Waals surface area contributed by atoms with Crippen LogP contribution in [0.1, 0.15) is 17.0 Å². The molecule has 8 heteroatoms. The number of benzene rings is 1. The molecule has 27 heavy (non-hydrogen) atoms. The molecule has 134 valence electrons. The van der Waals surface area contributed by atoms with E-state index in [4.69, 9.17) is 15.2 Å². The minimum atomic E-state index is -0.532. The zero-order chi connectivity index (χ0) is 19.0. The van der Waals surface area contributed by atoms with Crippen LogP contribution in [0.3, 0.4) is 0 Å². The van der Waals surface area contributed by atoms with Gasteiger partial charge in [0.15, 0.2) is 11.5 Å². The summed E-state index contributed by atoms with van der Waals surface area (Å²) in [4.78, 5) is 4.03. The van der Waals surface area contributed by atoms with Gasteiger partial charge >= 0.3 is 0 Å². The minimum Gasteiger partial charge on any atom is -0.504 e. The standard InChI is InChI=1S/C19H15N5O3/c1-26-14-8-11(2-3-13(14)25)15-12(9-20)18(21)27-19-16(15)17(23-24-19)10-4-6-22-7-5-10/h2-8,15,25H,21H2,1H3,(H,23,24)/t15-/m0/s1. The molecule has 2 aromatic heterocycles. The van der Waals surface area contributed by atoms with Gasteiger partial charge in [0, 0.05) is 18.0 Å². The fraction of sp³-hybridized carbons (Fsp3) is 0.105. The summed E-state index contributed by atoms with van der Waals surface area (Å²) in [5.41, 5.74) is 9.16. The van der Waals surface area contributed by atoms with Crippen LogP contribution in [0.25, 0.3) is 11.3 Å². The highest BCUT2D eigenvalue weighted by molar-refractivity contribution is 5.70. The molecular weight excluding hydrogens is 346 g/mol. The number of phenolic OH excluding ortho intramolecular Hbond substituents is 1. The van der Waals surface area contributed by atoms with Gasteiger partial charge in [0.1, 0.15) is 11.6 Å². The number of fused-ring (bicyclic) bond motifs is 1. The molecule has 8 nitrogen and oxygen atoms in total. The van der Waals surface area contributed by atoms with Gasteiger partial charge < -0.3 is 20.3 Å². The van der Waals surface area contributed by atoms with Crippen molar-refractivity contribution < 1.29 is 14.6 Å². The Labute approximate surface area is 154 Å². The molecule has 0 saturated heterocycles. The Morgan fingerprint density at radius 1 is 1.30 bits per heavy atom. The molecule has 1 aliphatic rings. The maximum Gasteiger partial charge on any atom is 0.244 e. The molecule has 1 aliphatic heterocycles. The number of pyridine rings is 1. The number of phenols is 1. The fourth-order valence-corrected chi connectivity index (χ4v) is 3.19. The molecule has 3 aromatic rings. The van der Waals surface area contributed by atoms with Crippen LogP contribution in [-0.4, -0.2) is 27.4 Å². The number of aromatic hydroxyl groups is 1. The van der Waals surface area contributed by atoms with Crippen LogP contribution >= 0.6 is 0 Å². The Hall–Kier alpha value is -3.99. The van der Waals surface area contributed by atoms with Crippen molar-refractivity contribution in [2.45, 2.75) is 5.92 Å². The van der Waals surface area contributed by atoms with Gasteiger partial charge in [0.25, 0.3) is 0 Å². The molecule has 1 aromatic carbocycles. The first-order valence-electron chi connectivity index (χ1n) is 8.07. The summed E-state index contributed by atoms with van der Waals surface area (Å²) < 4.78 is 10.8. The van der Waals surface area contributed by atoms with Gasteiger partial charge in [0.05, 0.1) is 24.3 Å². The zero-order valence-corrected chi connectivity index (χ0v) is 14.3. The second kappa shape index (κ2) is 6.38. The molecule has 4 N–H and O–H groups in total. The number of allylic oxidation sites excluding steroid dienone is 1. The number of hydrogen-bond donors (Lipinski definition) is 3. The number of nitrogens with one attached hydrogen (secondary N) is 1. The first kappa shape index (κ1) is 16.5. The van der Waals surface area contributed by atoms with Gasteiger partial charge in [-0.05, 0) is 29.8 Å². The average molecular weight is 361 g/mol. The Bertz CT molecular complexity index is 1080. The molecular formula is C19H15N5O3. The van der Waals surface area contributed by atoms with Crippen molar-refractivity contribution in [3.05, 3.63) is 65.3 Å². The topological polar surface area (TPSA) is 130 Å². The van der Waals surface area contributed by atoms with Gasteiger partial charge in [-0.3, -0.25) is 10.1 Å². The summed E-state index contributed by atoms with van der Waals surface area (Å²) >= 11 is 0. The first-order chi connectivity index (χ1) is 13.1. The number of nitriles is 1. The number of aromatic nitrogens is 3. The van der Waals surface area contributed by atoms with Crippen LogP contribution in [0.2, 0.25) is 0 Å². The van der Waals surface area contributed by atoms with Gasteiger partial charge in [-0.2, -0.15) is 5.26 Å². The summed E-state index contributed by atoms with van der Waals surface area (Å²) in [6, 6.07) is 10.7. The monoisotopic (exact) mass is 361 g/mol. The maximum atomic E-state index is 9.92. The number of nitrogens with two attached hydrogens (primary N) is 1. The number of methoxy groups -OCH3 is 1. The summed E-state index contributed by atoms with van der Waals surface area (Å²) in [5.74, 6) is 0.0660. The van der Waals surface area contributed by atoms with E-state index in [0.29, 0.717) is 28.5 Å². The van der Waals surface area contributed by atoms with Crippen LogP contribution in [0.4, 0.5) is 0 Å². The van der Waals surface area contributed by atoms with Crippen molar-refractivity contribution in [1.82, 2.24) is 15.2 Å². The van der Waals surface area contributed by atoms with Crippen LogP contribution in [0.15, 0.2) is 54.2 Å². The zero-order valence-electron chi connectivity index (χ0n) is 14.3. The molecule has 0 fully saturated rings. The van der Waals surface area contributed by atoms with Crippen LogP contribution < -0.4 is 15.2 Å². The highest BCUT2D eigenvalue weighted by Crippen LogP contribution is 2.46. The predicted molar refractivity (Wildman–Crippen MR) is 95.8 cm³/mol. The van der Waals surface area contributed by atoms with E-state index >= 15 is 0 Å². The smallest absolute Gasteiger partial charge is 0.244 e. The fourth-order valence-electron chi connectivity index (χ4n) is 3.19. The number of aromatic amines is 1. The molecule has 0 saturated carbocycles. The third-order valence-corrected chi connectivity index (χ3v) is 4.44. The van der Waals surface area contributed by atoms with E-state index in [1.54, 1.807) is 24.5 Å². The van der Waals surface area contributed by atoms with Gasteiger partial charge in [-0.25, -0.2) is 0 Å². The minimum absolute atomic E-state index is 0.00480. The molecule has 3 heterocycles. The SMILES string of the molecule is COc1cc([C@H]2C(C#N)=C(N)Oc3n[nH]c(-c4ccncc4)c32)ccc1O. The normalized spacial score (nSPS) is 15.6. The van der Waals surface area contributed by atoms with E-state index in [1.807, 2.05) is 12.1 Å². The van der Waals surface area contributed by atoms with E-state index in [0.717, 1.165) is 5.56 Å². The van der Waals surface area contributed by atoms with Crippen molar-refractivity contribution in [2.24, 2.45) is 5.73 Å². The van der Waals surface area contributed by atoms with Crippen molar-refractivity contribution >= 4 is 0 Å². The number of hydrogen-bond acceptors (Lipinski definition) is 7. The van der Waals surface area contributed by atoms with Crippen molar-refractivity contribution in [3.8, 4) is 34.7 Å². The number of rotatable bonds is 3. The summed E-state index contributed by atoms with van der Waals surface area (Å²) in [5, 5.41) is 26.8. The van der Waals surface area contributed by atoms with Crippen molar-refractivity contribution in [3.63, 3.8) is 0 Å². The summed E-state index contributed by atoms with van der Waals surface area (Å²) in [7, 11) is 1.46. The molecule has 4 rings (SSSR count). The quantitative estimate of drug-likeness (QED) is 0.653. The lowest BCUT2D eigenvalue weighted by molar-refractivity contribution is 0.371. The number of nitrogens with zero attached hydrogens (tertiary/aromatic N) is 3. The Kier molecular flexibility index (Phi) is 3.90. The molecule has 0 aliphatic carbocycles. The average Bonchev–Trinajstić information content (AvgIpc) is 3.11. The van der Waals surface area contributed by atoms with E-state index in [9.17, 15) is 10.4 Å². The second-order valence-electron chi connectivity index (χ2n) is 5.91. The molecule has 0 bridgehead atoms. The van der Waals surface area contributed by atoms with E-state index in [1.165, 1.54) is 13.2 Å².